The summed E-state index contributed by atoms with van der Waals surface area (Å²) in [6.45, 7) is 5.30. The third-order valence-corrected chi connectivity index (χ3v) is 5.04. The van der Waals surface area contributed by atoms with Crippen LogP contribution in [-0.4, -0.2) is 33.8 Å². The number of aliphatic imine (C=N–C) groups is 1. The van der Waals surface area contributed by atoms with Crippen LogP contribution in [0.4, 0.5) is 0 Å². The summed E-state index contributed by atoms with van der Waals surface area (Å²) < 4.78 is 2.09. The van der Waals surface area contributed by atoms with Crippen LogP contribution in [0.5, 0.6) is 0 Å². The minimum Gasteiger partial charge on any atom is -0.356 e. The Morgan fingerprint density at radius 1 is 1.14 bits per heavy atom. The highest BCUT2D eigenvalue weighted by Gasteiger charge is 2.05. The lowest BCUT2D eigenvalue weighted by molar-refractivity contribution is 0.628. The van der Waals surface area contributed by atoms with Gasteiger partial charge in [0.1, 0.15) is 12.2 Å². The van der Waals surface area contributed by atoms with Crippen LogP contribution in [0.25, 0.3) is 0 Å². The maximum atomic E-state index is 4.77. The van der Waals surface area contributed by atoms with E-state index in [9.17, 15) is 0 Å². The molecule has 1 aliphatic rings. The summed E-state index contributed by atoms with van der Waals surface area (Å²) in [5.74, 6) is 1.88. The molecule has 2 N–H and O–H groups in total. The SMILES string of the molecule is CCc1nncn1CCNC(=NCc1ccccc1)NCCC1=CCCCC1. The number of hydrogen-bond acceptors (Lipinski definition) is 3. The molecule has 0 aliphatic heterocycles. The molecule has 28 heavy (non-hydrogen) atoms. The van der Waals surface area contributed by atoms with E-state index in [2.05, 4.69) is 62.7 Å². The molecule has 1 aromatic carbocycles. The van der Waals surface area contributed by atoms with Crippen molar-refractivity contribution in [3.63, 3.8) is 0 Å². The monoisotopic (exact) mass is 380 g/mol. The molecular formula is C22H32N6. The van der Waals surface area contributed by atoms with Crippen molar-refractivity contribution in [3.8, 4) is 0 Å². The highest BCUT2D eigenvalue weighted by atomic mass is 15.3. The molecule has 3 rings (SSSR count). The summed E-state index contributed by atoms with van der Waals surface area (Å²) >= 11 is 0. The van der Waals surface area contributed by atoms with Crippen LogP contribution in [0.15, 0.2) is 53.3 Å². The normalized spacial score (nSPS) is 14.6. The summed E-state index contributed by atoms with van der Waals surface area (Å²) in [6.07, 6.45) is 11.4. The molecule has 1 heterocycles. The number of aryl methyl sites for hydroxylation is 1. The fourth-order valence-corrected chi connectivity index (χ4v) is 3.44. The van der Waals surface area contributed by atoms with Gasteiger partial charge in [0.05, 0.1) is 6.54 Å². The molecule has 0 fully saturated rings. The smallest absolute Gasteiger partial charge is 0.191 e. The number of nitrogens with zero attached hydrogens (tertiary/aromatic N) is 4. The molecular weight excluding hydrogens is 348 g/mol. The lowest BCUT2D eigenvalue weighted by Gasteiger charge is -2.16. The van der Waals surface area contributed by atoms with Gasteiger partial charge in [-0.1, -0.05) is 48.9 Å². The highest BCUT2D eigenvalue weighted by molar-refractivity contribution is 5.79. The van der Waals surface area contributed by atoms with Crippen LogP contribution in [0.3, 0.4) is 0 Å². The van der Waals surface area contributed by atoms with Gasteiger partial charge in [0.2, 0.25) is 0 Å². The Hall–Kier alpha value is -2.63. The summed E-state index contributed by atoms with van der Waals surface area (Å²) in [4.78, 5) is 4.77. The number of nitrogens with one attached hydrogen (secondary N) is 2. The minimum atomic E-state index is 0.672. The van der Waals surface area contributed by atoms with Crippen molar-refractivity contribution < 1.29 is 0 Å². The number of benzene rings is 1. The van der Waals surface area contributed by atoms with Gasteiger partial charge in [0, 0.05) is 26.1 Å². The fraction of sp³-hybridized carbons (Fsp3) is 0.500. The van der Waals surface area contributed by atoms with Crippen molar-refractivity contribution in [1.29, 1.82) is 0 Å². The van der Waals surface area contributed by atoms with E-state index >= 15 is 0 Å². The Bertz CT molecular complexity index is 762. The second kappa shape index (κ2) is 11.3. The molecule has 0 saturated carbocycles. The van der Waals surface area contributed by atoms with E-state index in [0.717, 1.165) is 44.3 Å². The Balaban J connectivity index is 1.52. The molecule has 1 aliphatic carbocycles. The third kappa shape index (κ3) is 6.51. The van der Waals surface area contributed by atoms with E-state index in [1.807, 2.05) is 6.07 Å². The van der Waals surface area contributed by atoms with Crippen LogP contribution >= 0.6 is 0 Å². The van der Waals surface area contributed by atoms with Crippen molar-refractivity contribution in [2.75, 3.05) is 13.1 Å². The van der Waals surface area contributed by atoms with E-state index in [0.29, 0.717) is 6.54 Å². The minimum absolute atomic E-state index is 0.672. The third-order valence-electron chi connectivity index (χ3n) is 5.04. The van der Waals surface area contributed by atoms with E-state index in [1.165, 1.54) is 31.2 Å². The van der Waals surface area contributed by atoms with Gasteiger partial charge in [-0.2, -0.15) is 0 Å². The number of hydrogen-bond donors (Lipinski definition) is 2. The molecule has 6 nitrogen and oxygen atoms in total. The van der Waals surface area contributed by atoms with Crippen molar-refractivity contribution in [1.82, 2.24) is 25.4 Å². The van der Waals surface area contributed by atoms with Crippen molar-refractivity contribution in [2.45, 2.75) is 58.5 Å². The maximum absolute atomic E-state index is 4.77. The van der Waals surface area contributed by atoms with Crippen LogP contribution in [0, 0.1) is 0 Å². The first-order chi connectivity index (χ1) is 13.8. The summed E-state index contributed by atoms with van der Waals surface area (Å²) in [6, 6.07) is 10.4. The van der Waals surface area contributed by atoms with Gasteiger partial charge in [-0.25, -0.2) is 4.99 Å². The quantitative estimate of drug-likeness (QED) is 0.397. The van der Waals surface area contributed by atoms with E-state index in [-0.39, 0.29) is 0 Å². The molecule has 0 unspecified atom stereocenters. The zero-order valence-corrected chi connectivity index (χ0v) is 16.9. The molecule has 1 aromatic heterocycles. The Morgan fingerprint density at radius 2 is 2.00 bits per heavy atom. The summed E-state index contributed by atoms with van der Waals surface area (Å²) in [7, 11) is 0. The lowest BCUT2D eigenvalue weighted by Crippen LogP contribution is -2.39. The molecule has 6 heteroatoms. The molecule has 150 valence electrons. The number of rotatable bonds is 9. The average molecular weight is 381 g/mol. The van der Waals surface area contributed by atoms with Crippen LogP contribution in [0.1, 0.15) is 50.4 Å². The first-order valence-corrected chi connectivity index (χ1v) is 10.5. The second-order valence-electron chi connectivity index (χ2n) is 7.16. The molecule has 0 atom stereocenters. The molecule has 0 saturated heterocycles. The van der Waals surface area contributed by atoms with Gasteiger partial charge < -0.3 is 15.2 Å². The molecule has 0 spiro atoms. The number of guanidine groups is 1. The van der Waals surface area contributed by atoms with Gasteiger partial charge in [-0.15, -0.1) is 10.2 Å². The van der Waals surface area contributed by atoms with Gasteiger partial charge in [-0.3, -0.25) is 0 Å². The standard InChI is InChI=1S/C22H32N6/c1-2-21-27-26-18-28(21)16-15-24-22(25-17-20-11-7-4-8-12-20)23-14-13-19-9-5-3-6-10-19/h4,7-9,11-12,18H,2-3,5-6,10,13-17H2,1H3,(H2,23,24,25). The molecule has 0 bridgehead atoms. The second-order valence-corrected chi connectivity index (χ2v) is 7.16. The van der Waals surface area contributed by atoms with Crippen LogP contribution < -0.4 is 10.6 Å². The van der Waals surface area contributed by atoms with Gasteiger partial charge in [0.25, 0.3) is 0 Å². The Morgan fingerprint density at radius 3 is 2.79 bits per heavy atom. The topological polar surface area (TPSA) is 67.1 Å². The predicted octanol–water partition coefficient (Wildman–Crippen LogP) is 3.47. The van der Waals surface area contributed by atoms with Gasteiger partial charge >= 0.3 is 0 Å². The molecule has 2 aromatic rings. The number of aromatic nitrogens is 3. The molecule has 0 amide bonds. The van der Waals surface area contributed by atoms with Gasteiger partial charge in [-0.05, 0) is 37.7 Å². The van der Waals surface area contributed by atoms with E-state index in [4.69, 9.17) is 4.99 Å². The van der Waals surface area contributed by atoms with Crippen molar-refractivity contribution >= 4 is 5.96 Å². The predicted molar refractivity (Wildman–Crippen MR) is 114 cm³/mol. The van der Waals surface area contributed by atoms with Gasteiger partial charge in [0.15, 0.2) is 5.96 Å². The van der Waals surface area contributed by atoms with Crippen molar-refractivity contribution in [3.05, 3.63) is 59.7 Å². The first-order valence-electron chi connectivity index (χ1n) is 10.5. The maximum Gasteiger partial charge on any atom is 0.191 e. The average Bonchev–Trinajstić information content (AvgIpc) is 3.20. The van der Waals surface area contributed by atoms with Crippen LogP contribution in [-0.2, 0) is 19.5 Å². The summed E-state index contributed by atoms with van der Waals surface area (Å²) in [5.41, 5.74) is 2.80. The lowest BCUT2D eigenvalue weighted by atomic mass is 9.97. The summed E-state index contributed by atoms with van der Waals surface area (Å²) in [5, 5.41) is 15.1. The van der Waals surface area contributed by atoms with Crippen molar-refractivity contribution in [2.24, 2.45) is 4.99 Å². The fourth-order valence-electron chi connectivity index (χ4n) is 3.44. The number of allylic oxidation sites excluding steroid dienone is 1. The highest BCUT2D eigenvalue weighted by Crippen LogP contribution is 2.19. The molecule has 0 radical (unpaired) electrons. The van der Waals surface area contributed by atoms with Crippen LogP contribution in [0.2, 0.25) is 0 Å². The zero-order chi connectivity index (χ0) is 19.4. The van der Waals surface area contributed by atoms with E-state index < -0.39 is 0 Å². The first kappa shape index (κ1) is 20.1. The zero-order valence-electron chi connectivity index (χ0n) is 16.9. The largest absolute Gasteiger partial charge is 0.356 e. The Labute approximate surface area is 168 Å². The van der Waals surface area contributed by atoms with E-state index in [1.54, 1.807) is 11.9 Å². The Kier molecular flexibility index (Phi) is 8.09.